The van der Waals surface area contributed by atoms with E-state index in [4.69, 9.17) is 0 Å². The summed E-state index contributed by atoms with van der Waals surface area (Å²) in [6.07, 6.45) is 3.04. The van der Waals surface area contributed by atoms with Crippen molar-refractivity contribution >= 4 is 65.0 Å². The number of hydrogen-bond acceptors (Lipinski definition) is 12. The van der Waals surface area contributed by atoms with Crippen molar-refractivity contribution in [1.82, 2.24) is 55.6 Å². The Morgan fingerprint density at radius 3 is 1.32 bits per heavy atom. The normalized spacial score (nSPS) is 26.9. The fourth-order valence-corrected chi connectivity index (χ4v) is 10.7. The highest BCUT2D eigenvalue weighted by Gasteiger charge is 2.45. The smallest absolute Gasteiger partial charge is 0.246 e. The van der Waals surface area contributed by atoms with Crippen molar-refractivity contribution in [3.8, 4) is 0 Å². The summed E-state index contributed by atoms with van der Waals surface area (Å²) >= 11 is 0. The quantitative estimate of drug-likeness (QED) is 0.148. The molecule has 12 atom stereocenters. The molecule has 1 heterocycles. The van der Waals surface area contributed by atoms with Crippen LogP contribution in [0.15, 0.2) is 12.2 Å². The number of allylic oxidation sites excluding steroid dienone is 2. The number of likely N-dealkylation sites (N-methyl/N-ethyl adjacent to an activating group) is 7. The number of carbonyl (C=O) groups excluding carboxylic acids is 11. The van der Waals surface area contributed by atoms with Gasteiger partial charge in [-0.2, -0.15) is 0 Å². The van der Waals surface area contributed by atoms with Crippen LogP contribution in [0.3, 0.4) is 0 Å². The van der Waals surface area contributed by atoms with Crippen molar-refractivity contribution in [3.63, 3.8) is 0 Å². The minimum atomic E-state index is -1.61. The van der Waals surface area contributed by atoms with Crippen molar-refractivity contribution in [2.24, 2.45) is 41.4 Å². The molecule has 0 aromatic rings. The first-order valence-electron chi connectivity index (χ1n) is 30.6. The van der Waals surface area contributed by atoms with Gasteiger partial charge in [-0.25, -0.2) is 0 Å². The third-order valence-corrected chi connectivity index (χ3v) is 16.1. The van der Waals surface area contributed by atoms with Crippen LogP contribution in [-0.2, 0) is 52.7 Å². The molecule has 0 aromatic heterocycles. The third kappa shape index (κ3) is 21.7. The summed E-state index contributed by atoms with van der Waals surface area (Å²) in [5.74, 6) is -9.71. The Kier molecular flexibility index (Phi) is 31.5. The zero-order valence-electron chi connectivity index (χ0n) is 56.1. The average Bonchev–Trinajstić information content (AvgIpc) is 3.62. The number of nitrogens with one attached hydrogen (secondary N) is 4. The Hall–Kier alpha value is -6.13. The molecule has 1 unspecified atom stereocenters. The lowest BCUT2D eigenvalue weighted by atomic mass is 9.91. The molecule has 486 valence electrons. The van der Waals surface area contributed by atoms with Gasteiger partial charge in [0.2, 0.25) is 65.0 Å². The van der Waals surface area contributed by atoms with Gasteiger partial charge in [0.15, 0.2) is 0 Å². The summed E-state index contributed by atoms with van der Waals surface area (Å²) < 4.78 is 0. The van der Waals surface area contributed by atoms with E-state index in [9.17, 15) is 48.3 Å². The number of carbonyl (C=O) groups is 11. The average molecular weight is 1200 g/mol. The van der Waals surface area contributed by atoms with E-state index in [2.05, 4.69) is 21.3 Å². The number of rotatable bonds is 15. The predicted octanol–water partition coefficient (Wildman–Crippen LogP) is 3.27. The minimum absolute atomic E-state index is 0.0229. The van der Waals surface area contributed by atoms with Gasteiger partial charge in [0.1, 0.15) is 60.4 Å². The van der Waals surface area contributed by atoms with Gasteiger partial charge in [-0.15, -0.1) is 0 Å². The van der Waals surface area contributed by atoms with Gasteiger partial charge in [-0.05, 0) is 101 Å². The maximum absolute atomic E-state index is 15.1. The second-order valence-corrected chi connectivity index (χ2v) is 26.1. The maximum Gasteiger partial charge on any atom is 0.246 e. The lowest BCUT2D eigenvalue weighted by Gasteiger charge is -2.41. The van der Waals surface area contributed by atoms with Crippen molar-refractivity contribution < 1.29 is 57.8 Å². The lowest BCUT2D eigenvalue weighted by Crippen LogP contribution is -2.63. The fourth-order valence-electron chi connectivity index (χ4n) is 10.7. The van der Waals surface area contributed by atoms with E-state index in [-0.39, 0.29) is 55.8 Å². The Balaban J connectivity index is 4.32. The van der Waals surface area contributed by atoms with Gasteiger partial charge < -0.3 is 60.7 Å². The van der Waals surface area contributed by atoms with Crippen LogP contribution in [0.5, 0.6) is 0 Å². The Morgan fingerprint density at radius 1 is 0.459 bits per heavy atom. The topological polar surface area (TPSA) is 279 Å². The third-order valence-electron chi connectivity index (χ3n) is 16.1. The van der Waals surface area contributed by atoms with E-state index in [1.165, 1.54) is 87.7 Å². The van der Waals surface area contributed by atoms with Gasteiger partial charge in [0, 0.05) is 49.3 Å². The van der Waals surface area contributed by atoms with Gasteiger partial charge in [0.25, 0.3) is 0 Å². The monoisotopic (exact) mass is 1200 g/mol. The first-order chi connectivity index (χ1) is 39.2. The number of hydrogen-bond donors (Lipinski definition) is 5. The van der Waals surface area contributed by atoms with Crippen LogP contribution < -0.4 is 21.3 Å². The molecule has 85 heavy (non-hydrogen) atoms. The molecule has 1 fully saturated rings. The highest BCUT2D eigenvalue weighted by atomic mass is 16.3. The molecule has 1 aliphatic heterocycles. The predicted molar refractivity (Wildman–Crippen MR) is 328 cm³/mol. The largest absolute Gasteiger partial charge is 0.390 e. The van der Waals surface area contributed by atoms with E-state index in [1.54, 1.807) is 54.5 Å². The molecule has 23 nitrogen and oxygen atoms in total. The van der Waals surface area contributed by atoms with E-state index in [1.807, 2.05) is 61.5 Å². The molecule has 0 aliphatic carbocycles. The van der Waals surface area contributed by atoms with Gasteiger partial charge in [-0.3, -0.25) is 52.7 Å². The highest BCUT2D eigenvalue weighted by Crippen LogP contribution is 2.26. The number of amides is 11. The molecule has 0 saturated carbocycles. The first-order valence-corrected chi connectivity index (χ1v) is 30.6. The molecular formula is C62H111N11O12. The van der Waals surface area contributed by atoms with Crippen LogP contribution in [0.25, 0.3) is 0 Å². The molecule has 1 saturated heterocycles. The Morgan fingerprint density at radius 2 is 0.871 bits per heavy atom. The van der Waals surface area contributed by atoms with E-state index in [0.717, 1.165) is 9.80 Å². The summed E-state index contributed by atoms with van der Waals surface area (Å²) in [5.41, 5.74) is 0. The highest BCUT2D eigenvalue weighted by molar-refractivity contribution is 5.99. The van der Waals surface area contributed by atoms with Crippen LogP contribution in [0, 0.1) is 41.4 Å². The molecule has 0 spiro atoms. The summed E-state index contributed by atoms with van der Waals surface area (Å²) in [6.45, 7) is 29.3. The summed E-state index contributed by atoms with van der Waals surface area (Å²) in [5, 5.41) is 23.1. The molecule has 0 radical (unpaired) electrons. The van der Waals surface area contributed by atoms with Crippen molar-refractivity contribution in [2.75, 3.05) is 55.9 Å². The number of nitrogens with zero attached hydrogens (tertiary/aromatic N) is 7. The summed E-state index contributed by atoms with van der Waals surface area (Å²) in [7, 11) is 9.92. The molecule has 5 N–H and O–H groups in total. The van der Waals surface area contributed by atoms with Gasteiger partial charge >= 0.3 is 0 Å². The van der Waals surface area contributed by atoms with Crippen molar-refractivity contribution in [2.45, 2.75) is 223 Å². The van der Waals surface area contributed by atoms with E-state index < -0.39 is 156 Å². The molecular weight excluding hydrogens is 1090 g/mol. The first kappa shape index (κ1) is 76.9. The number of aliphatic hydroxyl groups is 1. The maximum atomic E-state index is 15.1. The SMILES string of the molecule is CC=CC[C@@H](C)[C@@H](O)C1C(=O)N[C@H](CC)C(=O)N(C)CC(=O)N(C)[C@@H](CC(C)C)C(=O)N[C@H](C(C)C)C(=O)N(C)[C@H](CC(C)C)C(=O)N[C@H](C)C(=O)N[C@@H](C)C(=O)N(C)[C@H](CC(C)C)C(=O)N(C)[C@H](CC(C)C)C(=O)N(C)[C@H](C(C)C)C(=O)N1C. The second-order valence-electron chi connectivity index (χ2n) is 26.1. The van der Waals surface area contributed by atoms with E-state index >= 15 is 9.59 Å². The molecule has 0 bridgehead atoms. The van der Waals surface area contributed by atoms with Crippen LogP contribution in [0.4, 0.5) is 0 Å². The van der Waals surface area contributed by atoms with Gasteiger partial charge in [-0.1, -0.05) is 109 Å². The summed E-state index contributed by atoms with van der Waals surface area (Å²) in [4.78, 5) is 169. The molecule has 1 rings (SSSR count). The standard InChI is InChI=1S/C62H111N11O12/c1-25-27-28-40(15)52(75)51-56(79)65-43(26-2)58(81)67(18)33-48(74)68(19)44(29-34(3)4)55(78)66-49(38(11)12)61(84)69(20)45(30-35(5)6)54(77)63-41(16)53(76)64-42(17)57(80)70(21)46(31-36(7)8)59(82)71(22)47(32-37(9)10)60(83)72(23)50(39(13)14)62(85)73(51)24/h25,27,34-47,49-52,75H,26,28-33H2,1-24H3,(H,63,77)(H,64,76)(H,65,79)(H,66,78)/t40-,41-,42+,43-,44+,45-,46-,47-,49-,50-,51?,52-/m1/s1. The van der Waals surface area contributed by atoms with Crippen LogP contribution in [0.2, 0.25) is 0 Å². The van der Waals surface area contributed by atoms with E-state index in [0.29, 0.717) is 6.42 Å². The zero-order valence-corrected chi connectivity index (χ0v) is 56.1. The summed E-state index contributed by atoms with van der Waals surface area (Å²) in [6, 6.07) is -12.3. The van der Waals surface area contributed by atoms with Crippen molar-refractivity contribution in [1.29, 1.82) is 0 Å². The molecule has 23 heteroatoms. The molecule has 0 aromatic carbocycles. The molecule has 1 aliphatic rings. The Bertz CT molecular complexity index is 2330. The fraction of sp³-hybridized carbons (Fsp3) is 0.790. The second kappa shape index (κ2) is 34.9. The zero-order chi connectivity index (χ0) is 66.0. The van der Waals surface area contributed by atoms with Crippen LogP contribution >= 0.6 is 0 Å². The minimum Gasteiger partial charge on any atom is -0.390 e. The molecule has 11 amide bonds. The Labute approximate surface area is 508 Å². The van der Waals surface area contributed by atoms with Crippen LogP contribution in [0.1, 0.15) is 156 Å². The lowest BCUT2D eigenvalue weighted by molar-refractivity contribution is -0.157. The van der Waals surface area contributed by atoms with Crippen molar-refractivity contribution in [3.05, 3.63) is 12.2 Å². The van der Waals surface area contributed by atoms with Crippen LogP contribution in [-0.4, -0.2) is 227 Å². The van der Waals surface area contributed by atoms with Gasteiger partial charge in [0.05, 0.1) is 12.6 Å². The number of aliphatic hydroxyl groups excluding tert-OH is 1.